The van der Waals surface area contributed by atoms with Crippen LogP contribution in [0, 0.1) is 11.8 Å². The van der Waals surface area contributed by atoms with Gasteiger partial charge in [-0.05, 0) is 31.6 Å². The summed E-state index contributed by atoms with van der Waals surface area (Å²) >= 11 is 0. The van der Waals surface area contributed by atoms with Gasteiger partial charge in [0.05, 0.1) is 13.0 Å². The number of rotatable bonds is 3. The molecule has 1 atom stereocenters. The number of likely N-dealkylation sites (tertiary alicyclic amines) is 1. The van der Waals surface area contributed by atoms with Crippen LogP contribution in [-0.4, -0.2) is 37.0 Å². The van der Waals surface area contributed by atoms with E-state index in [1.807, 2.05) is 4.90 Å². The Morgan fingerprint density at radius 3 is 2.56 bits per heavy atom. The highest BCUT2D eigenvalue weighted by Crippen LogP contribution is 2.24. The van der Waals surface area contributed by atoms with E-state index in [2.05, 4.69) is 12.2 Å². The fourth-order valence-electron chi connectivity index (χ4n) is 2.75. The first-order chi connectivity index (χ1) is 8.70. The summed E-state index contributed by atoms with van der Waals surface area (Å²) in [5.41, 5.74) is 0. The number of piperidine rings is 1. The summed E-state index contributed by atoms with van der Waals surface area (Å²) in [7, 11) is 1.42. The van der Waals surface area contributed by atoms with Gasteiger partial charge in [0, 0.05) is 19.5 Å². The number of nitrogens with zero attached hydrogens (tertiary/aromatic N) is 1. The predicted octanol–water partition coefficient (Wildman–Crippen LogP) is 1.75. The van der Waals surface area contributed by atoms with Crippen molar-refractivity contribution in [2.24, 2.45) is 11.8 Å². The third-order valence-electron chi connectivity index (χ3n) is 3.93. The van der Waals surface area contributed by atoms with E-state index in [4.69, 9.17) is 4.74 Å². The number of carbonyl (C=O) groups is 2. The lowest BCUT2D eigenvalue weighted by Gasteiger charge is -2.31. The second-order valence-electron chi connectivity index (χ2n) is 5.15. The molecule has 0 aromatic heterocycles. The molecule has 1 aliphatic carbocycles. The lowest BCUT2D eigenvalue weighted by atomic mass is 9.96. The summed E-state index contributed by atoms with van der Waals surface area (Å²) in [5, 5.41) is 0. The van der Waals surface area contributed by atoms with Gasteiger partial charge in [-0.15, -0.1) is 0 Å². The molecule has 0 bridgehead atoms. The Bertz CT molecular complexity index is 343. The Morgan fingerprint density at radius 1 is 1.28 bits per heavy atom. The van der Waals surface area contributed by atoms with Crippen molar-refractivity contribution in [3.63, 3.8) is 0 Å². The van der Waals surface area contributed by atoms with Crippen LogP contribution in [0.4, 0.5) is 0 Å². The van der Waals surface area contributed by atoms with Gasteiger partial charge in [-0.25, -0.2) is 0 Å². The average Bonchev–Trinajstić information content (AvgIpc) is 2.91. The third-order valence-corrected chi connectivity index (χ3v) is 3.93. The fourth-order valence-corrected chi connectivity index (χ4v) is 2.75. The first-order valence-electron chi connectivity index (χ1n) is 6.73. The van der Waals surface area contributed by atoms with Crippen molar-refractivity contribution in [2.45, 2.75) is 32.1 Å². The Hall–Kier alpha value is -1.32. The number of allylic oxidation sites excluding steroid dienone is 2. The summed E-state index contributed by atoms with van der Waals surface area (Å²) in [6, 6.07) is 0. The van der Waals surface area contributed by atoms with Crippen molar-refractivity contribution in [1.82, 2.24) is 4.90 Å². The monoisotopic (exact) mass is 251 g/mol. The van der Waals surface area contributed by atoms with E-state index in [1.54, 1.807) is 0 Å². The molecule has 2 rings (SSSR count). The summed E-state index contributed by atoms with van der Waals surface area (Å²) in [4.78, 5) is 25.4. The van der Waals surface area contributed by atoms with Crippen molar-refractivity contribution in [1.29, 1.82) is 0 Å². The third kappa shape index (κ3) is 3.12. The maximum absolute atomic E-state index is 12.1. The Kier molecular flexibility index (Phi) is 4.39. The Balaban J connectivity index is 1.76. The first kappa shape index (κ1) is 13.1. The van der Waals surface area contributed by atoms with Crippen LogP contribution < -0.4 is 0 Å². The number of hydrogen-bond acceptors (Lipinski definition) is 3. The fraction of sp³-hybridized carbons (Fsp3) is 0.714. The Morgan fingerprint density at radius 2 is 2.00 bits per heavy atom. The smallest absolute Gasteiger partial charge is 0.308 e. The second kappa shape index (κ2) is 6.03. The van der Waals surface area contributed by atoms with E-state index >= 15 is 0 Å². The predicted molar refractivity (Wildman–Crippen MR) is 67.8 cm³/mol. The topological polar surface area (TPSA) is 46.6 Å². The molecule has 1 heterocycles. The molecule has 0 saturated carbocycles. The van der Waals surface area contributed by atoms with Crippen LogP contribution in [0.25, 0.3) is 0 Å². The van der Waals surface area contributed by atoms with E-state index in [0.717, 1.165) is 25.7 Å². The number of hydrogen-bond donors (Lipinski definition) is 0. The molecule has 1 saturated heterocycles. The van der Waals surface area contributed by atoms with Crippen LogP contribution in [0.15, 0.2) is 12.2 Å². The summed E-state index contributed by atoms with van der Waals surface area (Å²) in [5.74, 6) is 0.497. The molecule has 100 valence electrons. The SMILES string of the molecule is COC(=O)C1CCN(C(=O)CC2C=CCC2)CC1. The van der Waals surface area contributed by atoms with E-state index in [-0.39, 0.29) is 17.8 Å². The molecule has 1 fully saturated rings. The minimum atomic E-state index is -0.138. The standard InChI is InChI=1S/C14H21NO3/c1-18-14(17)12-6-8-15(9-7-12)13(16)10-11-4-2-3-5-11/h2,4,11-12H,3,5-10H2,1H3. The van der Waals surface area contributed by atoms with Gasteiger partial charge in [0.25, 0.3) is 0 Å². The van der Waals surface area contributed by atoms with Gasteiger partial charge in [-0.3, -0.25) is 9.59 Å². The molecule has 1 unspecified atom stereocenters. The van der Waals surface area contributed by atoms with Crippen molar-refractivity contribution in [2.75, 3.05) is 20.2 Å². The number of carbonyl (C=O) groups excluding carboxylic acids is 2. The molecule has 0 N–H and O–H groups in total. The molecule has 2 aliphatic rings. The summed E-state index contributed by atoms with van der Waals surface area (Å²) < 4.78 is 4.74. The quantitative estimate of drug-likeness (QED) is 0.567. The highest BCUT2D eigenvalue weighted by molar-refractivity contribution is 5.77. The molecule has 4 heteroatoms. The van der Waals surface area contributed by atoms with Gasteiger partial charge < -0.3 is 9.64 Å². The maximum atomic E-state index is 12.1. The molecule has 0 spiro atoms. The summed E-state index contributed by atoms with van der Waals surface area (Å²) in [6.07, 6.45) is 8.60. The van der Waals surface area contributed by atoms with E-state index < -0.39 is 0 Å². The zero-order valence-electron chi connectivity index (χ0n) is 10.9. The number of esters is 1. The van der Waals surface area contributed by atoms with Gasteiger partial charge in [0.1, 0.15) is 0 Å². The van der Waals surface area contributed by atoms with Crippen molar-refractivity contribution in [3.05, 3.63) is 12.2 Å². The zero-order chi connectivity index (χ0) is 13.0. The van der Waals surface area contributed by atoms with Gasteiger partial charge in [-0.1, -0.05) is 12.2 Å². The minimum Gasteiger partial charge on any atom is -0.469 e. The molecular weight excluding hydrogens is 230 g/mol. The van der Waals surface area contributed by atoms with Gasteiger partial charge in [0.2, 0.25) is 5.91 Å². The molecule has 18 heavy (non-hydrogen) atoms. The average molecular weight is 251 g/mol. The highest BCUT2D eigenvalue weighted by Gasteiger charge is 2.28. The van der Waals surface area contributed by atoms with E-state index in [9.17, 15) is 9.59 Å². The lowest BCUT2D eigenvalue weighted by Crippen LogP contribution is -2.40. The number of ether oxygens (including phenoxy) is 1. The van der Waals surface area contributed by atoms with Gasteiger partial charge in [-0.2, -0.15) is 0 Å². The molecule has 1 aliphatic heterocycles. The largest absolute Gasteiger partial charge is 0.469 e. The first-order valence-corrected chi connectivity index (χ1v) is 6.73. The number of methoxy groups -OCH3 is 1. The molecule has 1 amide bonds. The highest BCUT2D eigenvalue weighted by atomic mass is 16.5. The number of amides is 1. The van der Waals surface area contributed by atoms with E-state index in [0.29, 0.717) is 25.4 Å². The Labute approximate surface area is 108 Å². The van der Waals surface area contributed by atoms with E-state index in [1.165, 1.54) is 7.11 Å². The van der Waals surface area contributed by atoms with Crippen molar-refractivity contribution in [3.8, 4) is 0 Å². The van der Waals surface area contributed by atoms with Crippen molar-refractivity contribution >= 4 is 11.9 Å². The minimum absolute atomic E-state index is 0.0228. The second-order valence-corrected chi connectivity index (χ2v) is 5.15. The lowest BCUT2D eigenvalue weighted by molar-refractivity contribution is -0.149. The molecule has 4 nitrogen and oxygen atoms in total. The molecule has 0 radical (unpaired) electrons. The van der Waals surface area contributed by atoms with Crippen LogP contribution >= 0.6 is 0 Å². The molecule has 0 aromatic rings. The molecule has 0 aromatic carbocycles. The van der Waals surface area contributed by atoms with Crippen LogP contribution in [-0.2, 0) is 14.3 Å². The van der Waals surface area contributed by atoms with Gasteiger partial charge in [0.15, 0.2) is 0 Å². The van der Waals surface area contributed by atoms with Crippen LogP contribution in [0.1, 0.15) is 32.1 Å². The van der Waals surface area contributed by atoms with Gasteiger partial charge >= 0.3 is 5.97 Å². The maximum Gasteiger partial charge on any atom is 0.308 e. The van der Waals surface area contributed by atoms with Crippen LogP contribution in [0.5, 0.6) is 0 Å². The van der Waals surface area contributed by atoms with Crippen molar-refractivity contribution < 1.29 is 14.3 Å². The summed E-state index contributed by atoms with van der Waals surface area (Å²) in [6.45, 7) is 1.38. The molecular formula is C14H21NO3. The zero-order valence-corrected chi connectivity index (χ0v) is 10.9. The van der Waals surface area contributed by atoms with Crippen LogP contribution in [0.2, 0.25) is 0 Å². The normalized spacial score (nSPS) is 24.3. The van der Waals surface area contributed by atoms with Crippen LogP contribution in [0.3, 0.4) is 0 Å².